The van der Waals surface area contributed by atoms with E-state index in [1.165, 1.54) is 12.1 Å². The third-order valence-electron chi connectivity index (χ3n) is 3.03. The lowest BCUT2D eigenvalue weighted by Crippen LogP contribution is -2.42. The van der Waals surface area contributed by atoms with Crippen molar-refractivity contribution in [2.75, 3.05) is 13.6 Å². The fraction of sp³-hybridized carbons (Fsp3) is 0.250. The maximum atomic E-state index is 13.1. The molecule has 1 aromatic heterocycles. The molecule has 0 radical (unpaired) electrons. The van der Waals surface area contributed by atoms with Gasteiger partial charge in [0.05, 0.1) is 19.4 Å². The number of furan rings is 1. The van der Waals surface area contributed by atoms with Gasteiger partial charge in [0.25, 0.3) is 0 Å². The fourth-order valence-corrected chi connectivity index (χ4v) is 1.88. The van der Waals surface area contributed by atoms with Crippen molar-refractivity contribution < 1.29 is 13.6 Å². The van der Waals surface area contributed by atoms with E-state index >= 15 is 0 Å². The van der Waals surface area contributed by atoms with Crippen molar-refractivity contribution in [1.29, 1.82) is 0 Å². The number of aliphatic imine (C=N–C) groups is 1. The third-order valence-corrected chi connectivity index (χ3v) is 3.03. The number of amides is 1. The van der Waals surface area contributed by atoms with Crippen molar-refractivity contribution >= 4 is 35.8 Å². The molecule has 0 aliphatic carbocycles. The van der Waals surface area contributed by atoms with Crippen LogP contribution in [-0.2, 0) is 17.9 Å². The van der Waals surface area contributed by atoms with Crippen molar-refractivity contribution in [1.82, 2.24) is 16.0 Å². The normalized spacial score (nSPS) is 10.7. The van der Waals surface area contributed by atoms with Crippen LogP contribution in [0.5, 0.6) is 0 Å². The largest absolute Gasteiger partial charge is 0.467 e. The zero-order valence-electron chi connectivity index (χ0n) is 13.2. The summed E-state index contributed by atoms with van der Waals surface area (Å²) < 4.78 is 18.2. The Kier molecular flexibility index (Phi) is 8.84. The Morgan fingerprint density at radius 2 is 2.00 bits per heavy atom. The summed E-state index contributed by atoms with van der Waals surface area (Å²) in [5, 5.41) is 8.62. The zero-order chi connectivity index (χ0) is 16.5. The van der Waals surface area contributed by atoms with Gasteiger partial charge in [0, 0.05) is 13.6 Å². The lowest BCUT2D eigenvalue weighted by atomic mass is 10.2. The van der Waals surface area contributed by atoms with Crippen molar-refractivity contribution in [3.05, 3.63) is 59.8 Å². The standard InChI is InChI=1S/C16H19FN4O2.HI/c1-18-16(20-9-12-4-2-5-13(17)8-12)21-11-15(22)19-10-14-6-3-7-23-14;/h2-8H,9-11H2,1H3,(H,19,22)(H2,18,20,21);1H. The predicted octanol–water partition coefficient (Wildman–Crippen LogP) is 2.02. The van der Waals surface area contributed by atoms with Gasteiger partial charge in [-0.3, -0.25) is 9.79 Å². The summed E-state index contributed by atoms with van der Waals surface area (Å²) in [5.74, 6) is 0.675. The van der Waals surface area contributed by atoms with Crippen LogP contribution in [-0.4, -0.2) is 25.5 Å². The highest BCUT2D eigenvalue weighted by Gasteiger charge is 2.05. The molecule has 0 fully saturated rings. The van der Waals surface area contributed by atoms with E-state index in [0.717, 1.165) is 5.56 Å². The number of halogens is 2. The van der Waals surface area contributed by atoms with Crippen LogP contribution in [0.15, 0.2) is 52.1 Å². The van der Waals surface area contributed by atoms with Gasteiger partial charge in [-0.25, -0.2) is 4.39 Å². The topological polar surface area (TPSA) is 78.7 Å². The van der Waals surface area contributed by atoms with Gasteiger partial charge in [0.1, 0.15) is 11.6 Å². The Labute approximate surface area is 156 Å². The summed E-state index contributed by atoms with van der Waals surface area (Å²) in [4.78, 5) is 15.7. The molecule has 1 heterocycles. The summed E-state index contributed by atoms with van der Waals surface area (Å²) in [6, 6.07) is 9.82. The highest BCUT2D eigenvalue weighted by molar-refractivity contribution is 14.0. The number of carbonyl (C=O) groups excluding carboxylic acids is 1. The molecule has 2 aromatic rings. The minimum absolute atomic E-state index is 0. The highest BCUT2D eigenvalue weighted by atomic mass is 127. The Hall–Kier alpha value is -2.10. The van der Waals surface area contributed by atoms with Crippen LogP contribution in [0.25, 0.3) is 0 Å². The van der Waals surface area contributed by atoms with E-state index in [9.17, 15) is 9.18 Å². The molecule has 3 N–H and O–H groups in total. The summed E-state index contributed by atoms with van der Waals surface area (Å²) >= 11 is 0. The average molecular weight is 446 g/mol. The van der Waals surface area contributed by atoms with Crippen LogP contribution < -0.4 is 16.0 Å². The molecule has 8 heteroatoms. The molecule has 1 aromatic carbocycles. The highest BCUT2D eigenvalue weighted by Crippen LogP contribution is 2.02. The molecular weight excluding hydrogens is 426 g/mol. The number of hydrogen-bond acceptors (Lipinski definition) is 3. The van der Waals surface area contributed by atoms with Gasteiger partial charge >= 0.3 is 0 Å². The third kappa shape index (κ3) is 6.99. The number of nitrogens with one attached hydrogen (secondary N) is 3. The Morgan fingerprint density at radius 1 is 1.17 bits per heavy atom. The monoisotopic (exact) mass is 446 g/mol. The first-order chi connectivity index (χ1) is 11.2. The molecule has 0 aliphatic heterocycles. The number of carbonyl (C=O) groups is 1. The Bertz CT molecular complexity index is 662. The minimum atomic E-state index is -0.287. The molecule has 6 nitrogen and oxygen atoms in total. The van der Waals surface area contributed by atoms with Gasteiger partial charge in [-0.2, -0.15) is 0 Å². The lowest BCUT2D eigenvalue weighted by molar-refractivity contribution is -0.120. The van der Waals surface area contributed by atoms with Crippen molar-refractivity contribution in [3.63, 3.8) is 0 Å². The number of rotatable bonds is 6. The summed E-state index contributed by atoms with van der Waals surface area (Å²) in [5.41, 5.74) is 0.787. The van der Waals surface area contributed by atoms with E-state index in [1.54, 1.807) is 37.6 Å². The molecule has 130 valence electrons. The van der Waals surface area contributed by atoms with E-state index in [1.807, 2.05) is 0 Å². The second-order valence-electron chi connectivity index (χ2n) is 4.77. The van der Waals surface area contributed by atoms with Gasteiger partial charge in [0.2, 0.25) is 5.91 Å². The Balaban J connectivity index is 0.00000288. The first-order valence-corrected chi connectivity index (χ1v) is 7.15. The second-order valence-corrected chi connectivity index (χ2v) is 4.77. The number of nitrogens with zero attached hydrogens (tertiary/aromatic N) is 1. The molecule has 0 bridgehead atoms. The molecule has 0 unspecified atom stereocenters. The van der Waals surface area contributed by atoms with Crippen LogP contribution in [0, 0.1) is 5.82 Å². The molecule has 1 amide bonds. The molecule has 24 heavy (non-hydrogen) atoms. The molecule has 0 saturated heterocycles. The maximum absolute atomic E-state index is 13.1. The molecule has 0 atom stereocenters. The summed E-state index contributed by atoms with van der Waals surface area (Å²) in [6.07, 6.45) is 1.55. The predicted molar refractivity (Wildman–Crippen MR) is 101 cm³/mol. The average Bonchev–Trinajstić information content (AvgIpc) is 3.06. The SMILES string of the molecule is CN=C(NCC(=O)NCc1ccco1)NCc1cccc(F)c1.I. The number of benzene rings is 1. The van der Waals surface area contributed by atoms with Crippen LogP contribution in [0.3, 0.4) is 0 Å². The Morgan fingerprint density at radius 3 is 2.67 bits per heavy atom. The van der Waals surface area contributed by atoms with Crippen molar-refractivity contribution in [3.8, 4) is 0 Å². The molecule has 0 aliphatic rings. The zero-order valence-corrected chi connectivity index (χ0v) is 15.5. The fourth-order valence-electron chi connectivity index (χ4n) is 1.88. The quantitative estimate of drug-likeness (QED) is 0.361. The van der Waals surface area contributed by atoms with Crippen molar-refractivity contribution in [2.45, 2.75) is 13.1 Å². The van der Waals surface area contributed by atoms with Crippen molar-refractivity contribution in [2.24, 2.45) is 4.99 Å². The van der Waals surface area contributed by atoms with Crippen LogP contribution >= 0.6 is 24.0 Å². The smallest absolute Gasteiger partial charge is 0.239 e. The lowest BCUT2D eigenvalue weighted by Gasteiger charge is -2.12. The minimum Gasteiger partial charge on any atom is -0.467 e. The summed E-state index contributed by atoms with van der Waals surface area (Å²) in [7, 11) is 1.60. The van der Waals surface area contributed by atoms with Crippen LogP contribution in [0.4, 0.5) is 4.39 Å². The van der Waals surface area contributed by atoms with Gasteiger partial charge in [0.15, 0.2) is 5.96 Å². The van der Waals surface area contributed by atoms with E-state index < -0.39 is 0 Å². The molecule has 0 spiro atoms. The van der Waals surface area contributed by atoms with Gasteiger partial charge in [-0.15, -0.1) is 24.0 Å². The maximum Gasteiger partial charge on any atom is 0.239 e. The van der Waals surface area contributed by atoms with Gasteiger partial charge in [-0.05, 0) is 29.8 Å². The van der Waals surface area contributed by atoms with E-state index in [-0.39, 0.29) is 42.2 Å². The first-order valence-electron chi connectivity index (χ1n) is 7.15. The molecule has 0 saturated carbocycles. The van der Waals surface area contributed by atoms with Gasteiger partial charge in [-0.1, -0.05) is 12.1 Å². The molecule has 2 rings (SSSR count). The summed E-state index contributed by atoms with van der Waals surface area (Å²) in [6.45, 7) is 0.817. The first kappa shape index (κ1) is 19.9. The van der Waals surface area contributed by atoms with Crippen LogP contribution in [0.1, 0.15) is 11.3 Å². The van der Waals surface area contributed by atoms with E-state index in [0.29, 0.717) is 24.8 Å². The van der Waals surface area contributed by atoms with E-state index in [4.69, 9.17) is 4.42 Å². The van der Waals surface area contributed by atoms with Crippen LogP contribution in [0.2, 0.25) is 0 Å². The second kappa shape index (κ2) is 10.6. The van der Waals surface area contributed by atoms with E-state index in [2.05, 4.69) is 20.9 Å². The molecular formula is C16H20FIN4O2. The number of hydrogen-bond donors (Lipinski definition) is 3. The van der Waals surface area contributed by atoms with Gasteiger partial charge < -0.3 is 20.4 Å². The number of guanidine groups is 1.